The van der Waals surface area contributed by atoms with Crippen LogP contribution in [-0.2, 0) is 22.4 Å². The molecule has 0 saturated heterocycles. The number of ketones is 1. The lowest BCUT2D eigenvalue weighted by Crippen LogP contribution is -2.14. The molecule has 1 aliphatic heterocycles. The number of hydrogen-bond donors (Lipinski definition) is 2. The van der Waals surface area contributed by atoms with Gasteiger partial charge in [0.1, 0.15) is 11.6 Å². The van der Waals surface area contributed by atoms with Gasteiger partial charge in [-0.2, -0.15) is 0 Å². The van der Waals surface area contributed by atoms with Crippen molar-refractivity contribution in [1.82, 2.24) is 15.0 Å². The van der Waals surface area contributed by atoms with Gasteiger partial charge in [-0.1, -0.05) is 6.07 Å². The summed E-state index contributed by atoms with van der Waals surface area (Å²) in [6, 6.07) is 4.42. The number of unbranched alkanes of at least 4 members (excludes halogenated alkanes) is 1. The van der Waals surface area contributed by atoms with Crippen molar-refractivity contribution < 1.29 is 19.4 Å². The van der Waals surface area contributed by atoms with Gasteiger partial charge in [0.25, 0.3) is 0 Å². The number of aryl methyl sites for hydroxylation is 2. The Balaban J connectivity index is 1.47. The minimum atomic E-state index is -0.948. The number of ether oxygens (including phenoxy) is 1. The fourth-order valence-electron chi connectivity index (χ4n) is 3.67. The first-order valence-electron chi connectivity index (χ1n) is 10.4. The van der Waals surface area contributed by atoms with Gasteiger partial charge in [0.2, 0.25) is 0 Å². The van der Waals surface area contributed by atoms with E-state index in [1.54, 1.807) is 0 Å². The molecule has 8 nitrogen and oxygen atoms in total. The first-order valence-corrected chi connectivity index (χ1v) is 10.4. The van der Waals surface area contributed by atoms with Crippen LogP contribution in [0.25, 0.3) is 0 Å². The molecule has 3 rings (SSSR count). The maximum Gasteiger partial charge on any atom is 0.316 e. The summed E-state index contributed by atoms with van der Waals surface area (Å²) in [5.74, 6) is -0.338. The molecular formula is C22H28N4O4. The Morgan fingerprint density at radius 2 is 2.00 bits per heavy atom. The van der Waals surface area contributed by atoms with Gasteiger partial charge < -0.3 is 15.2 Å². The summed E-state index contributed by atoms with van der Waals surface area (Å²) in [6.07, 6.45) is 8.18. The molecule has 0 bridgehead atoms. The van der Waals surface area contributed by atoms with Crippen LogP contribution >= 0.6 is 0 Å². The Morgan fingerprint density at radius 3 is 2.73 bits per heavy atom. The number of hydrogen-bond acceptors (Lipinski definition) is 7. The van der Waals surface area contributed by atoms with Crippen molar-refractivity contribution in [2.75, 3.05) is 19.0 Å². The van der Waals surface area contributed by atoms with Crippen molar-refractivity contribution in [3.63, 3.8) is 0 Å². The maximum absolute atomic E-state index is 12.5. The van der Waals surface area contributed by atoms with Gasteiger partial charge in [0.05, 0.1) is 13.5 Å². The lowest BCUT2D eigenvalue weighted by atomic mass is 9.91. The van der Waals surface area contributed by atoms with E-state index in [2.05, 4.69) is 32.4 Å². The Kier molecular flexibility index (Phi) is 7.70. The van der Waals surface area contributed by atoms with Crippen LogP contribution in [0.15, 0.2) is 24.5 Å². The summed E-state index contributed by atoms with van der Waals surface area (Å²) in [5, 5.41) is 12.5. The van der Waals surface area contributed by atoms with Crippen LogP contribution in [-0.4, -0.2) is 45.5 Å². The Hall–Kier alpha value is -3.03. The molecule has 160 valence electrons. The van der Waals surface area contributed by atoms with Gasteiger partial charge in [-0.3, -0.25) is 9.59 Å². The molecular weight excluding hydrogens is 384 g/mol. The third-order valence-electron chi connectivity index (χ3n) is 5.29. The Labute approximate surface area is 176 Å². The number of carboxylic acids is 1. The van der Waals surface area contributed by atoms with Crippen molar-refractivity contribution in [3.05, 3.63) is 41.3 Å². The molecule has 0 fully saturated rings. The number of carboxylic acid groups (broad SMARTS) is 1. The van der Waals surface area contributed by atoms with E-state index in [1.807, 2.05) is 0 Å². The van der Waals surface area contributed by atoms with Gasteiger partial charge in [-0.25, -0.2) is 15.0 Å². The second kappa shape index (κ2) is 10.7. The molecule has 0 amide bonds. The van der Waals surface area contributed by atoms with Gasteiger partial charge in [-0.15, -0.1) is 0 Å². The molecule has 30 heavy (non-hydrogen) atoms. The van der Waals surface area contributed by atoms with Crippen LogP contribution in [0.4, 0.5) is 5.82 Å². The van der Waals surface area contributed by atoms with E-state index in [9.17, 15) is 14.7 Å². The maximum atomic E-state index is 12.5. The minimum absolute atomic E-state index is 0.0529. The Bertz CT molecular complexity index is 870. The highest BCUT2D eigenvalue weighted by Crippen LogP contribution is 2.25. The molecule has 8 heteroatoms. The van der Waals surface area contributed by atoms with Crippen molar-refractivity contribution >= 4 is 17.6 Å². The monoisotopic (exact) mass is 412 g/mol. The van der Waals surface area contributed by atoms with Gasteiger partial charge in [0.15, 0.2) is 0 Å². The van der Waals surface area contributed by atoms with Gasteiger partial charge in [-0.05, 0) is 49.3 Å². The number of anilines is 1. The number of nitrogens with one attached hydrogen (secondary N) is 1. The molecule has 1 unspecified atom stereocenters. The largest absolute Gasteiger partial charge is 0.481 e. The first-order chi connectivity index (χ1) is 14.5. The standard InChI is InChI=1S/C22H28N4O4/c1-30-22-24-13-17(14-25-22)16(12-20(28)29)11-19(27)7-3-2-6-18-9-8-15-5-4-10-23-21(15)26-18/h8-9,13-14,16H,2-7,10-12H2,1H3,(H,23,26)(H,28,29). The third-order valence-corrected chi connectivity index (χ3v) is 5.29. The number of aliphatic carboxylic acids is 1. The second-order valence-electron chi connectivity index (χ2n) is 7.59. The predicted octanol–water partition coefficient (Wildman–Crippen LogP) is 3.17. The van der Waals surface area contributed by atoms with Gasteiger partial charge >= 0.3 is 12.0 Å². The van der Waals surface area contributed by atoms with Crippen LogP contribution in [0, 0.1) is 0 Å². The van der Waals surface area contributed by atoms with Crippen LogP contribution in [0.2, 0.25) is 0 Å². The van der Waals surface area contributed by atoms with Gasteiger partial charge in [0, 0.05) is 43.4 Å². The summed E-state index contributed by atoms with van der Waals surface area (Å²) in [7, 11) is 1.46. The van der Waals surface area contributed by atoms with Crippen molar-refractivity contribution in [3.8, 4) is 6.01 Å². The normalized spacial score (nSPS) is 13.8. The number of pyridine rings is 1. The molecule has 2 aromatic rings. The summed E-state index contributed by atoms with van der Waals surface area (Å²) in [4.78, 5) is 36.4. The molecule has 1 atom stereocenters. The molecule has 0 saturated carbocycles. The van der Waals surface area contributed by atoms with Crippen LogP contribution in [0.5, 0.6) is 6.01 Å². The van der Waals surface area contributed by atoms with Crippen molar-refractivity contribution in [2.24, 2.45) is 0 Å². The minimum Gasteiger partial charge on any atom is -0.481 e. The van der Waals surface area contributed by atoms with E-state index in [1.165, 1.54) is 25.1 Å². The zero-order valence-corrected chi connectivity index (χ0v) is 17.3. The lowest BCUT2D eigenvalue weighted by molar-refractivity contribution is -0.137. The van der Waals surface area contributed by atoms with E-state index in [0.717, 1.165) is 50.2 Å². The molecule has 3 heterocycles. The SMILES string of the molecule is COc1ncc(C(CC(=O)O)CC(=O)CCCCc2ccc3c(n2)NCCC3)cn1. The zero-order valence-electron chi connectivity index (χ0n) is 17.3. The number of nitrogens with zero attached hydrogens (tertiary/aromatic N) is 3. The van der Waals surface area contributed by atoms with Crippen molar-refractivity contribution in [2.45, 2.75) is 57.3 Å². The van der Waals surface area contributed by atoms with E-state index in [0.29, 0.717) is 12.0 Å². The first kappa shape index (κ1) is 21.7. The quantitative estimate of drug-likeness (QED) is 0.541. The molecule has 1 aliphatic rings. The zero-order chi connectivity index (χ0) is 21.3. The number of aromatic nitrogens is 3. The number of carbonyl (C=O) groups is 2. The molecule has 0 spiro atoms. The summed E-state index contributed by atoms with van der Waals surface area (Å²) >= 11 is 0. The van der Waals surface area contributed by atoms with E-state index >= 15 is 0 Å². The van der Waals surface area contributed by atoms with Crippen molar-refractivity contribution in [1.29, 1.82) is 0 Å². The fourth-order valence-corrected chi connectivity index (χ4v) is 3.67. The summed E-state index contributed by atoms with van der Waals surface area (Å²) in [5.41, 5.74) is 2.94. The summed E-state index contributed by atoms with van der Waals surface area (Å²) in [6.45, 7) is 0.967. The lowest BCUT2D eigenvalue weighted by Gasteiger charge is -2.17. The smallest absolute Gasteiger partial charge is 0.316 e. The number of Topliss-reactive ketones (excluding diaryl/α,β-unsaturated/α-hetero) is 1. The molecule has 2 N–H and O–H groups in total. The summed E-state index contributed by atoms with van der Waals surface area (Å²) < 4.78 is 4.93. The molecule has 0 aliphatic carbocycles. The van der Waals surface area contributed by atoms with Crippen LogP contribution in [0.1, 0.15) is 61.3 Å². The topological polar surface area (TPSA) is 114 Å². The fraction of sp³-hybridized carbons (Fsp3) is 0.500. The number of methoxy groups -OCH3 is 1. The second-order valence-corrected chi connectivity index (χ2v) is 7.59. The number of fused-ring (bicyclic) bond motifs is 1. The van der Waals surface area contributed by atoms with E-state index in [-0.39, 0.29) is 24.6 Å². The highest BCUT2D eigenvalue weighted by atomic mass is 16.5. The molecule has 0 aromatic carbocycles. The van der Waals surface area contributed by atoms with E-state index < -0.39 is 11.9 Å². The molecule has 2 aromatic heterocycles. The predicted molar refractivity (Wildman–Crippen MR) is 112 cm³/mol. The average molecular weight is 412 g/mol. The Morgan fingerprint density at radius 1 is 1.20 bits per heavy atom. The highest BCUT2D eigenvalue weighted by Gasteiger charge is 2.20. The van der Waals surface area contributed by atoms with Crippen LogP contribution in [0.3, 0.4) is 0 Å². The number of rotatable bonds is 11. The third kappa shape index (κ3) is 6.23. The van der Waals surface area contributed by atoms with Crippen LogP contribution < -0.4 is 10.1 Å². The van der Waals surface area contributed by atoms with E-state index in [4.69, 9.17) is 4.74 Å². The highest BCUT2D eigenvalue weighted by molar-refractivity contribution is 5.80. The molecule has 0 radical (unpaired) electrons. The number of carbonyl (C=O) groups excluding carboxylic acids is 1. The average Bonchev–Trinajstić information content (AvgIpc) is 2.76.